The Hall–Kier alpha value is -3.73. The summed E-state index contributed by atoms with van der Waals surface area (Å²) in [5.41, 5.74) is -0.0522. The number of nitrogens with one attached hydrogen (secondary N) is 1. The molecule has 182 valence electrons. The third kappa shape index (κ3) is 5.86. The number of benzene rings is 1. The van der Waals surface area contributed by atoms with Crippen LogP contribution in [-0.4, -0.2) is 42.0 Å². The molecule has 2 aromatic heterocycles. The van der Waals surface area contributed by atoms with Crippen molar-refractivity contribution in [1.29, 1.82) is 5.26 Å². The lowest BCUT2D eigenvalue weighted by molar-refractivity contribution is -0.112. The molecule has 1 amide bonds. The van der Waals surface area contributed by atoms with Gasteiger partial charge in [-0.2, -0.15) is 14.6 Å². The Balaban J connectivity index is 1.83. The predicted octanol–water partition coefficient (Wildman–Crippen LogP) is 3.74. The Morgan fingerprint density at radius 3 is 2.69 bits per heavy atom. The average molecular weight is 537 g/mol. The number of nitriles is 1. The zero-order valence-electron chi connectivity index (χ0n) is 18.4. The summed E-state index contributed by atoms with van der Waals surface area (Å²) in [5.74, 6) is -1.71. The molecule has 3 aromatic rings. The monoisotopic (exact) mass is 536 g/mol. The second-order valence-corrected chi connectivity index (χ2v) is 10.6. The van der Waals surface area contributed by atoms with Crippen molar-refractivity contribution >= 4 is 56.1 Å². The predicted molar refractivity (Wildman–Crippen MR) is 126 cm³/mol. The lowest BCUT2D eigenvalue weighted by Gasteiger charge is -2.11. The van der Waals surface area contributed by atoms with Crippen molar-refractivity contribution in [3.05, 3.63) is 52.4 Å². The van der Waals surface area contributed by atoms with E-state index in [0.717, 1.165) is 0 Å². The molecule has 0 spiro atoms. The molecule has 0 aliphatic heterocycles. The number of esters is 1. The van der Waals surface area contributed by atoms with Crippen LogP contribution in [0.1, 0.15) is 30.0 Å². The second-order valence-electron chi connectivity index (χ2n) is 7.00. The van der Waals surface area contributed by atoms with Crippen LogP contribution in [0.2, 0.25) is 5.02 Å². The summed E-state index contributed by atoms with van der Waals surface area (Å²) in [6, 6.07) is 7.45. The van der Waals surface area contributed by atoms with Gasteiger partial charge in [-0.25, -0.2) is 13.2 Å². The van der Waals surface area contributed by atoms with Crippen LogP contribution in [0.5, 0.6) is 11.5 Å². The van der Waals surface area contributed by atoms with E-state index >= 15 is 0 Å². The molecule has 1 aromatic carbocycles. The Morgan fingerprint density at radius 2 is 2.09 bits per heavy atom. The molecule has 0 atom stereocenters. The van der Waals surface area contributed by atoms with Crippen LogP contribution in [-0.2, 0) is 14.6 Å². The van der Waals surface area contributed by atoms with Crippen molar-refractivity contribution in [2.24, 2.45) is 0 Å². The Kier molecular flexibility index (Phi) is 7.90. The van der Waals surface area contributed by atoms with Gasteiger partial charge in [0.1, 0.15) is 11.6 Å². The lowest BCUT2D eigenvalue weighted by Crippen LogP contribution is -2.16. The Labute approximate surface area is 209 Å². The molecular formula is C21H17ClN4O7S2. The van der Waals surface area contributed by atoms with Crippen LogP contribution in [0.15, 0.2) is 45.7 Å². The molecule has 0 saturated carbocycles. The molecular weight excluding hydrogens is 520 g/mol. The first-order chi connectivity index (χ1) is 16.6. The van der Waals surface area contributed by atoms with Crippen molar-refractivity contribution in [2.75, 3.05) is 12.4 Å². The number of furan rings is 1. The third-order valence-corrected chi connectivity index (χ3v) is 7.31. The normalized spacial score (nSPS) is 11.7. The van der Waals surface area contributed by atoms with Crippen molar-refractivity contribution in [3.8, 4) is 17.6 Å². The average Bonchev–Trinajstić information content (AvgIpc) is 3.51. The minimum absolute atomic E-state index is 0.0270. The number of hydrogen-bond acceptors (Lipinski definition) is 11. The van der Waals surface area contributed by atoms with Gasteiger partial charge in [-0.15, -0.1) is 0 Å². The minimum Gasteiger partial charge on any atom is -0.493 e. The van der Waals surface area contributed by atoms with Crippen molar-refractivity contribution in [2.45, 2.75) is 24.3 Å². The van der Waals surface area contributed by atoms with E-state index in [1.165, 1.54) is 57.6 Å². The van der Waals surface area contributed by atoms with Crippen molar-refractivity contribution < 1.29 is 31.9 Å². The number of hydrogen-bond donors (Lipinski definition) is 1. The summed E-state index contributed by atoms with van der Waals surface area (Å²) < 4.78 is 43.6. The van der Waals surface area contributed by atoms with Gasteiger partial charge in [-0.3, -0.25) is 10.1 Å². The van der Waals surface area contributed by atoms with Gasteiger partial charge < -0.3 is 13.9 Å². The van der Waals surface area contributed by atoms with Crippen LogP contribution < -0.4 is 14.8 Å². The topological polar surface area (TPSA) is 161 Å². The largest absolute Gasteiger partial charge is 0.493 e. The molecule has 35 heavy (non-hydrogen) atoms. The van der Waals surface area contributed by atoms with Gasteiger partial charge in [0, 0.05) is 11.5 Å². The molecule has 14 heteroatoms. The van der Waals surface area contributed by atoms with Gasteiger partial charge in [0.2, 0.25) is 20.7 Å². The summed E-state index contributed by atoms with van der Waals surface area (Å²) in [4.78, 5) is 28.6. The van der Waals surface area contributed by atoms with E-state index in [9.17, 15) is 23.3 Å². The molecule has 0 aliphatic carbocycles. The lowest BCUT2D eigenvalue weighted by atomic mass is 10.1. The number of halogens is 1. The molecule has 0 aliphatic rings. The van der Waals surface area contributed by atoms with Crippen LogP contribution >= 0.6 is 23.1 Å². The molecule has 0 radical (unpaired) electrons. The van der Waals surface area contributed by atoms with E-state index in [0.29, 0.717) is 11.5 Å². The van der Waals surface area contributed by atoms with Gasteiger partial charge >= 0.3 is 5.97 Å². The van der Waals surface area contributed by atoms with E-state index in [1.807, 2.05) is 0 Å². The fraction of sp³-hybridized carbons (Fsp3) is 0.190. The summed E-state index contributed by atoms with van der Waals surface area (Å²) >= 11 is 6.92. The standard InChI is InChI=1S/C21H17ClN4O7S2/c1-11(2)35(29,30)21-25-20(34-26-21)24-18(27)13(10-23)7-12-8-14(22)17(16(9-12)31-3)33-19(28)15-5-4-6-32-15/h4-9,11H,1-3H3,(H,24,25,26,27)/b13-7-. The second kappa shape index (κ2) is 10.7. The van der Waals surface area contributed by atoms with Gasteiger partial charge in [0.15, 0.2) is 11.5 Å². The maximum absolute atomic E-state index is 12.6. The summed E-state index contributed by atoms with van der Waals surface area (Å²) in [5, 5.41) is 10.5. The first-order valence-electron chi connectivity index (χ1n) is 9.70. The Morgan fingerprint density at radius 1 is 1.34 bits per heavy atom. The van der Waals surface area contributed by atoms with Gasteiger partial charge in [-0.05, 0) is 49.8 Å². The van der Waals surface area contributed by atoms with E-state index in [2.05, 4.69) is 14.7 Å². The highest BCUT2D eigenvalue weighted by atomic mass is 35.5. The van der Waals surface area contributed by atoms with Crippen LogP contribution in [0, 0.1) is 11.3 Å². The van der Waals surface area contributed by atoms with E-state index in [1.54, 1.807) is 6.07 Å². The van der Waals surface area contributed by atoms with E-state index in [-0.39, 0.29) is 38.6 Å². The molecule has 11 nitrogen and oxygen atoms in total. The quantitative estimate of drug-likeness (QED) is 0.194. The van der Waals surface area contributed by atoms with Crippen molar-refractivity contribution in [1.82, 2.24) is 9.36 Å². The fourth-order valence-corrected chi connectivity index (χ4v) is 4.48. The maximum Gasteiger partial charge on any atom is 0.379 e. The van der Waals surface area contributed by atoms with Crippen LogP contribution in [0.3, 0.4) is 0 Å². The van der Waals surface area contributed by atoms with Crippen LogP contribution in [0.4, 0.5) is 5.13 Å². The molecule has 0 unspecified atom stereocenters. The molecule has 0 saturated heterocycles. The Bertz CT molecular complexity index is 1440. The van der Waals surface area contributed by atoms with Gasteiger partial charge in [-0.1, -0.05) is 11.6 Å². The minimum atomic E-state index is -3.72. The van der Waals surface area contributed by atoms with E-state index in [4.69, 9.17) is 25.5 Å². The SMILES string of the molecule is COc1cc(/C=C(/C#N)C(=O)Nc2nc(S(=O)(=O)C(C)C)ns2)cc(Cl)c1OC(=O)c1ccco1. The van der Waals surface area contributed by atoms with Crippen LogP contribution in [0.25, 0.3) is 6.08 Å². The number of sulfone groups is 1. The highest BCUT2D eigenvalue weighted by Crippen LogP contribution is 2.37. The zero-order valence-corrected chi connectivity index (χ0v) is 20.8. The maximum atomic E-state index is 12.6. The van der Waals surface area contributed by atoms with Crippen molar-refractivity contribution in [3.63, 3.8) is 0 Å². The number of carbonyl (C=O) groups excluding carboxylic acids is 2. The highest BCUT2D eigenvalue weighted by molar-refractivity contribution is 7.91. The zero-order chi connectivity index (χ0) is 25.8. The third-order valence-electron chi connectivity index (χ3n) is 4.35. The summed E-state index contributed by atoms with van der Waals surface area (Å²) in [7, 11) is -2.40. The summed E-state index contributed by atoms with van der Waals surface area (Å²) in [6.45, 7) is 2.96. The number of nitrogens with zero attached hydrogens (tertiary/aromatic N) is 3. The van der Waals surface area contributed by atoms with Gasteiger partial charge in [0.25, 0.3) is 11.1 Å². The smallest absolute Gasteiger partial charge is 0.379 e. The number of rotatable bonds is 8. The van der Waals surface area contributed by atoms with Gasteiger partial charge in [0.05, 0.1) is 23.6 Å². The molecule has 0 fully saturated rings. The molecule has 1 N–H and O–H groups in total. The highest BCUT2D eigenvalue weighted by Gasteiger charge is 2.25. The first kappa shape index (κ1) is 25.9. The van der Waals surface area contributed by atoms with E-state index < -0.39 is 32.1 Å². The number of amides is 1. The molecule has 3 rings (SSSR count). The number of aromatic nitrogens is 2. The first-order valence-corrected chi connectivity index (χ1v) is 12.4. The number of carbonyl (C=O) groups is 2. The molecule has 0 bridgehead atoms. The number of anilines is 1. The molecule has 2 heterocycles. The summed E-state index contributed by atoms with van der Waals surface area (Å²) in [6.07, 6.45) is 2.53. The number of ether oxygens (including phenoxy) is 2. The number of methoxy groups -OCH3 is 1. The fourth-order valence-electron chi connectivity index (χ4n) is 2.53.